The van der Waals surface area contributed by atoms with E-state index >= 15 is 0 Å². The van der Waals surface area contributed by atoms with Gasteiger partial charge in [-0.25, -0.2) is 0 Å². The Morgan fingerprint density at radius 3 is 2.10 bits per heavy atom. The van der Waals surface area contributed by atoms with Crippen LogP contribution in [-0.2, 0) is 4.79 Å². The summed E-state index contributed by atoms with van der Waals surface area (Å²) in [5.41, 5.74) is 1.39. The summed E-state index contributed by atoms with van der Waals surface area (Å²) in [6, 6.07) is 19.5. The molecule has 0 bridgehead atoms. The molecule has 30 heavy (non-hydrogen) atoms. The maximum Gasteiger partial charge on any atom is 0.271 e. The molecule has 4 rings (SSSR count). The largest absolute Gasteiger partial charge is 0.497 e. The number of nitro groups is 1. The Balaban J connectivity index is 1.67. The van der Waals surface area contributed by atoms with Crippen LogP contribution in [0.15, 0.2) is 72.8 Å². The number of methoxy groups -OCH3 is 1. The minimum Gasteiger partial charge on any atom is -0.497 e. The van der Waals surface area contributed by atoms with Gasteiger partial charge in [-0.1, -0.05) is 11.6 Å². The first-order chi connectivity index (χ1) is 14.5. The predicted octanol–water partition coefficient (Wildman–Crippen LogP) is 4.79. The smallest absolute Gasteiger partial charge is 0.271 e. The van der Waals surface area contributed by atoms with Crippen LogP contribution in [0.1, 0.15) is 11.6 Å². The van der Waals surface area contributed by atoms with Gasteiger partial charge >= 0.3 is 0 Å². The van der Waals surface area contributed by atoms with Gasteiger partial charge in [-0.15, -0.1) is 0 Å². The van der Waals surface area contributed by atoms with E-state index in [-0.39, 0.29) is 11.6 Å². The van der Waals surface area contributed by atoms with Crippen molar-refractivity contribution in [2.45, 2.75) is 12.1 Å². The quantitative estimate of drug-likeness (QED) is 0.322. The highest BCUT2D eigenvalue weighted by molar-refractivity contribution is 6.30. The van der Waals surface area contributed by atoms with Crippen LogP contribution in [0.2, 0.25) is 5.02 Å². The lowest BCUT2D eigenvalue weighted by Gasteiger charge is -2.46. The number of amides is 1. The summed E-state index contributed by atoms with van der Waals surface area (Å²) in [6.45, 7) is 0. The summed E-state index contributed by atoms with van der Waals surface area (Å²) in [4.78, 5) is 25.1. The molecule has 3 aromatic rings. The zero-order valence-electron chi connectivity index (χ0n) is 15.9. The highest BCUT2D eigenvalue weighted by Gasteiger charge is 2.51. The van der Waals surface area contributed by atoms with Gasteiger partial charge in [0.05, 0.1) is 12.0 Å². The van der Waals surface area contributed by atoms with E-state index in [0.29, 0.717) is 22.2 Å². The molecule has 0 aliphatic carbocycles. The van der Waals surface area contributed by atoms with Crippen molar-refractivity contribution in [3.05, 3.63) is 93.5 Å². The van der Waals surface area contributed by atoms with Crippen molar-refractivity contribution >= 4 is 28.9 Å². The van der Waals surface area contributed by atoms with Crippen LogP contribution in [0.4, 0.5) is 11.4 Å². The lowest BCUT2D eigenvalue weighted by molar-refractivity contribution is -0.384. The molecule has 0 radical (unpaired) electrons. The zero-order valence-corrected chi connectivity index (χ0v) is 16.7. The first-order valence-electron chi connectivity index (χ1n) is 9.11. The van der Waals surface area contributed by atoms with Gasteiger partial charge in [0.25, 0.3) is 11.6 Å². The van der Waals surface area contributed by atoms with Crippen molar-refractivity contribution in [3.8, 4) is 11.5 Å². The molecule has 1 saturated heterocycles. The number of hydrogen-bond donors (Lipinski definition) is 0. The lowest BCUT2D eigenvalue weighted by atomic mass is 9.89. The third-order valence-corrected chi connectivity index (χ3v) is 5.17. The highest BCUT2D eigenvalue weighted by atomic mass is 35.5. The van der Waals surface area contributed by atoms with Gasteiger partial charge in [0.15, 0.2) is 0 Å². The van der Waals surface area contributed by atoms with Gasteiger partial charge in [-0.3, -0.25) is 19.8 Å². The Morgan fingerprint density at radius 1 is 0.933 bits per heavy atom. The molecule has 7 nitrogen and oxygen atoms in total. The molecular weight excluding hydrogens is 408 g/mol. The summed E-state index contributed by atoms with van der Waals surface area (Å²) in [7, 11) is 1.57. The van der Waals surface area contributed by atoms with E-state index in [1.54, 1.807) is 72.7 Å². The summed E-state index contributed by atoms with van der Waals surface area (Å²) in [5, 5.41) is 11.6. The molecule has 1 fully saturated rings. The fourth-order valence-electron chi connectivity index (χ4n) is 3.38. The van der Waals surface area contributed by atoms with Gasteiger partial charge in [0, 0.05) is 22.8 Å². The van der Waals surface area contributed by atoms with E-state index in [1.807, 2.05) is 0 Å². The summed E-state index contributed by atoms with van der Waals surface area (Å²) in [5.74, 6) is 0.977. The van der Waals surface area contributed by atoms with E-state index in [9.17, 15) is 14.9 Å². The van der Waals surface area contributed by atoms with Crippen LogP contribution in [0.3, 0.4) is 0 Å². The van der Waals surface area contributed by atoms with Crippen LogP contribution in [-0.4, -0.2) is 24.0 Å². The number of non-ortho nitro benzene ring substituents is 1. The third kappa shape index (κ3) is 3.67. The van der Waals surface area contributed by atoms with E-state index in [2.05, 4.69) is 0 Å². The molecule has 1 amide bonds. The van der Waals surface area contributed by atoms with Gasteiger partial charge < -0.3 is 9.47 Å². The number of nitro benzene ring substituents is 1. The van der Waals surface area contributed by atoms with Crippen LogP contribution in [0.25, 0.3) is 0 Å². The van der Waals surface area contributed by atoms with E-state index < -0.39 is 17.1 Å². The minimum atomic E-state index is -0.769. The molecule has 0 aromatic heterocycles. The molecule has 2 atom stereocenters. The summed E-state index contributed by atoms with van der Waals surface area (Å²) >= 11 is 5.92. The number of carbonyl (C=O) groups excluding carboxylic acids is 1. The first-order valence-corrected chi connectivity index (χ1v) is 9.49. The van der Waals surface area contributed by atoms with Gasteiger partial charge in [-0.05, 0) is 66.2 Å². The van der Waals surface area contributed by atoms with Crippen molar-refractivity contribution in [3.63, 3.8) is 0 Å². The molecule has 1 aliphatic heterocycles. The Kier molecular flexibility index (Phi) is 5.29. The van der Waals surface area contributed by atoms with Crippen molar-refractivity contribution in [2.75, 3.05) is 12.0 Å². The van der Waals surface area contributed by atoms with Gasteiger partial charge in [-0.2, -0.15) is 0 Å². The zero-order chi connectivity index (χ0) is 21.3. The predicted molar refractivity (Wildman–Crippen MR) is 112 cm³/mol. The Labute approximate surface area is 177 Å². The van der Waals surface area contributed by atoms with Crippen molar-refractivity contribution < 1.29 is 19.2 Å². The fraction of sp³-hybridized carbons (Fsp3) is 0.136. The van der Waals surface area contributed by atoms with E-state index in [0.717, 1.165) is 5.56 Å². The van der Waals surface area contributed by atoms with Crippen molar-refractivity contribution in [2.24, 2.45) is 0 Å². The molecule has 0 unspecified atom stereocenters. The number of hydrogen-bond acceptors (Lipinski definition) is 5. The third-order valence-electron chi connectivity index (χ3n) is 4.92. The molecule has 0 saturated carbocycles. The first kappa shape index (κ1) is 19.7. The van der Waals surface area contributed by atoms with Gasteiger partial charge in [0.1, 0.15) is 17.5 Å². The van der Waals surface area contributed by atoms with Gasteiger partial charge in [0.2, 0.25) is 6.10 Å². The molecule has 0 N–H and O–H groups in total. The van der Waals surface area contributed by atoms with Crippen molar-refractivity contribution in [1.29, 1.82) is 0 Å². The standard InChI is InChI=1S/C22H17ClN2O5/c1-29-18-12-8-16(9-13-18)24-20(14-2-6-17(7-3-14)25(27)28)21(22(24)26)30-19-10-4-15(23)5-11-19/h2-13,20-21H,1H3/t20-,21+/m0/s1. The number of β-lactam (4-membered cyclic amide) rings is 1. The lowest BCUT2D eigenvalue weighted by Crippen LogP contribution is -2.61. The molecule has 152 valence electrons. The van der Waals surface area contributed by atoms with E-state index in [4.69, 9.17) is 21.1 Å². The number of ether oxygens (including phenoxy) is 2. The Hall–Kier alpha value is -3.58. The number of carbonyl (C=O) groups is 1. The highest BCUT2D eigenvalue weighted by Crippen LogP contribution is 2.42. The Morgan fingerprint density at radius 2 is 1.53 bits per heavy atom. The van der Waals surface area contributed by atoms with Crippen LogP contribution >= 0.6 is 11.6 Å². The number of benzene rings is 3. The maximum absolute atomic E-state index is 13.0. The second kappa shape index (κ2) is 8.04. The number of anilines is 1. The molecule has 1 heterocycles. The normalized spacial score (nSPS) is 17.9. The van der Waals surface area contributed by atoms with Crippen LogP contribution in [0.5, 0.6) is 11.5 Å². The molecular formula is C22H17ClN2O5. The average molecular weight is 425 g/mol. The monoisotopic (exact) mass is 424 g/mol. The maximum atomic E-state index is 13.0. The summed E-state index contributed by atoms with van der Waals surface area (Å²) < 4.78 is 11.1. The fourth-order valence-corrected chi connectivity index (χ4v) is 3.51. The number of rotatable bonds is 6. The number of halogens is 1. The minimum absolute atomic E-state index is 0.0180. The van der Waals surface area contributed by atoms with E-state index in [1.165, 1.54) is 12.1 Å². The molecule has 3 aromatic carbocycles. The van der Waals surface area contributed by atoms with Crippen LogP contribution < -0.4 is 14.4 Å². The Bertz CT molecular complexity index is 1070. The van der Waals surface area contributed by atoms with Crippen LogP contribution in [0, 0.1) is 10.1 Å². The average Bonchev–Trinajstić information content (AvgIpc) is 2.77. The number of nitrogens with zero attached hydrogens (tertiary/aromatic N) is 2. The second-order valence-corrected chi connectivity index (χ2v) is 7.13. The van der Waals surface area contributed by atoms with Crippen molar-refractivity contribution in [1.82, 2.24) is 0 Å². The molecule has 1 aliphatic rings. The topological polar surface area (TPSA) is 81.9 Å². The second-order valence-electron chi connectivity index (χ2n) is 6.69. The molecule has 8 heteroatoms. The SMILES string of the molecule is COc1ccc(N2C(=O)[C@H](Oc3ccc(Cl)cc3)[C@@H]2c2ccc([N+](=O)[O-])cc2)cc1. The summed E-state index contributed by atoms with van der Waals surface area (Å²) in [6.07, 6.45) is -0.769. The molecule has 0 spiro atoms.